The lowest BCUT2D eigenvalue weighted by Crippen LogP contribution is -2.62. The number of halogens is 2. The Hall–Kier alpha value is -2.66. The maximum Gasteiger partial charge on any atom is 0.280 e. The summed E-state index contributed by atoms with van der Waals surface area (Å²) in [6.45, 7) is 8.16. The Balaban J connectivity index is 0.00000353. The van der Waals surface area contributed by atoms with Crippen molar-refractivity contribution in [2.75, 3.05) is 26.7 Å². The molecule has 0 bridgehead atoms. The monoisotopic (exact) mass is 592 g/mol. The minimum absolute atomic E-state index is 0. The fourth-order valence-corrected chi connectivity index (χ4v) is 6.32. The normalized spacial score (nSPS) is 19.8. The number of benzene rings is 1. The highest BCUT2D eigenvalue weighted by atomic mass is 35.5. The molecule has 4 heterocycles. The molecule has 9 nitrogen and oxygen atoms in total. The molecule has 0 saturated carbocycles. The van der Waals surface area contributed by atoms with Gasteiger partial charge in [0.05, 0.1) is 17.8 Å². The third kappa shape index (κ3) is 6.40. The van der Waals surface area contributed by atoms with Gasteiger partial charge in [0.1, 0.15) is 5.69 Å². The van der Waals surface area contributed by atoms with Gasteiger partial charge < -0.3 is 25.4 Å². The van der Waals surface area contributed by atoms with E-state index in [2.05, 4.69) is 32.5 Å². The number of nitrogens with zero attached hydrogens (tertiary/aromatic N) is 3. The van der Waals surface area contributed by atoms with Gasteiger partial charge in [0.15, 0.2) is 5.01 Å². The topological polar surface area (TPSA) is 110 Å². The Morgan fingerprint density at radius 3 is 2.59 bits per heavy atom. The van der Waals surface area contributed by atoms with E-state index >= 15 is 0 Å². The maximum atomic E-state index is 13.3. The number of fused-ring (bicyclic) bond motifs is 2. The number of nitrogens with one attached hydrogen (secondary N) is 3. The van der Waals surface area contributed by atoms with E-state index in [-0.39, 0.29) is 36.2 Å². The lowest BCUT2D eigenvalue weighted by Gasteiger charge is -2.41. The summed E-state index contributed by atoms with van der Waals surface area (Å²) in [5, 5.41) is 8.04. The molecule has 3 N–H and O–H groups in total. The van der Waals surface area contributed by atoms with Gasteiger partial charge in [-0.05, 0) is 37.7 Å². The van der Waals surface area contributed by atoms with Crippen LogP contribution in [-0.4, -0.2) is 76.3 Å². The number of piperidine rings is 1. The number of hydrogen-bond acceptors (Lipinski definition) is 6. The highest BCUT2D eigenvalue weighted by Crippen LogP contribution is 2.26. The molecule has 3 amide bonds. The molecule has 0 aliphatic carbocycles. The second-order valence-electron chi connectivity index (χ2n) is 11.2. The number of hydrogen-bond donors (Lipinski definition) is 3. The Morgan fingerprint density at radius 1 is 1.10 bits per heavy atom. The highest BCUT2D eigenvalue weighted by molar-refractivity contribution is 7.13. The number of aromatic amines is 1. The number of carbonyl (C=O) groups is 3. The van der Waals surface area contributed by atoms with E-state index in [1.807, 2.05) is 26.8 Å². The Morgan fingerprint density at radius 2 is 1.85 bits per heavy atom. The molecular weight excluding hydrogens is 559 g/mol. The predicted octanol–water partition coefficient (Wildman–Crippen LogP) is 3.86. The number of H-pyrrole nitrogens is 1. The number of thiazole rings is 1. The van der Waals surface area contributed by atoms with Crippen LogP contribution in [0, 0.1) is 5.41 Å². The third-order valence-corrected chi connectivity index (χ3v) is 8.43. The van der Waals surface area contributed by atoms with Crippen LogP contribution in [0.4, 0.5) is 0 Å². The van der Waals surface area contributed by atoms with E-state index in [9.17, 15) is 14.4 Å². The molecule has 2 aliphatic rings. The molecule has 0 spiro atoms. The number of rotatable bonds is 4. The van der Waals surface area contributed by atoms with Gasteiger partial charge in [-0.1, -0.05) is 32.4 Å². The average molecular weight is 594 g/mol. The Bertz CT molecular complexity index is 1400. The van der Waals surface area contributed by atoms with E-state index in [4.69, 9.17) is 11.6 Å². The second-order valence-corrected chi connectivity index (χ2v) is 12.8. The summed E-state index contributed by atoms with van der Waals surface area (Å²) in [4.78, 5) is 52.4. The summed E-state index contributed by atoms with van der Waals surface area (Å²) < 4.78 is 0. The molecule has 1 saturated heterocycles. The first-order valence-corrected chi connectivity index (χ1v) is 14.0. The van der Waals surface area contributed by atoms with Crippen molar-refractivity contribution >= 4 is 64.0 Å². The maximum absolute atomic E-state index is 13.3. The van der Waals surface area contributed by atoms with Gasteiger partial charge in [-0.15, -0.1) is 23.7 Å². The number of amides is 3. The van der Waals surface area contributed by atoms with Crippen LogP contribution in [0.5, 0.6) is 0 Å². The first kappa shape index (κ1) is 29.3. The largest absolute Gasteiger partial charge is 0.351 e. The van der Waals surface area contributed by atoms with Crippen LogP contribution in [0.25, 0.3) is 10.9 Å². The molecule has 0 unspecified atom stereocenters. The summed E-state index contributed by atoms with van der Waals surface area (Å²) >= 11 is 7.51. The quantitative estimate of drug-likeness (QED) is 0.426. The third-order valence-electron chi connectivity index (χ3n) is 7.12. The SMILES string of the molecule is CN1CCc2nc(C(=O)N[C@@H]3CN(C(=O)C(C)(C)C)CC[C@@H]3NC(=O)c3cc4cc(Cl)ccc4[nH]3)sc2C1.Cl. The first-order chi connectivity index (χ1) is 18.0. The number of carbonyl (C=O) groups excluding carboxylic acids is 3. The van der Waals surface area contributed by atoms with Crippen molar-refractivity contribution in [3.05, 3.63) is 50.6 Å². The lowest BCUT2D eigenvalue weighted by molar-refractivity contribution is -0.141. The van der Waals surface area contributed by atoms with Crippen molar-refractivity contribution in [1.29, 1.82) is 0 Å². The minimum atomic E-state index is -0.545. The summed E-state index contributed by atoms with van der Waals surface area (Å²) in [6.07, 6.45) is 1.34. The Kier molecular flexibility index (Phi) is 8.61. The van der Waals surface area contributed by atoms with Crippen LogP contribution in [0.15, 0.2) is 24.3 Å². The highest BCUT2D eigenvalue weighted by Gasteiger charge is 2.37. The van der Waals surface area contributed by atoms with Crippen LogP contribution in [0.3, 0.4) is 0 Å². The smallest absolute Gasteiger partial charge is 0.280 e. The minimum Gasteiger partial charge on any atom is -0.351 e. The van der Waals surface area contributed by atoms with Crippen LogP contribution in [0.1, 0.15) is 58.1 Å². The summed E-state index contributed by atoms with van der Waals surface area (Å²) in [7, 11) is 2.06. The molecule has 2 aliphatic heterocycles. The van der Waals surface area contributed by atoms with Crippen molar-refractivity contribution in [2.45, 2.75) is 52.2 Å². The van der Waals surface area contributed by atoms with Crippen LogP contribution < -0.4 is 10.6 Å². The van der Waals surface area contributed by atoms with E-state index in [0.29, 0.717) is 35.2 Å². The first-order valence-electron chi connectivity index (χ1n) is 12.8. The van der Waals surface area contributed by atoms with Crippen LogP contribution >= 0.6 is 35.3 Å². The fraction of sp³-hybridized carbons (Fsp3) is 0.481. The molecule has 2 atom stereocenters. The molecule has 3 aromatic rings. The molecular formula is C27H34Cl2N6O3S. The van der Waals surface area contributed by atoms with Crippen LogP contribution in [0.2, 0.25) is 5.02 Å². The summed E-state index contributed by atoms with van der Waals surface area (Å²) in [5.74, 6) is -0.534. The van der Waals surface area contributed by atoms with E-state index in [1.54, 1.807) is 23.1 Å². The van der Waals surface area contributed by atoms with E-state index in [0.717, 1.165) is 41.0 Å². The summed E-state index contributed by atoms with van der Waals surface area (Å²) in [6, 6.07) is 6.35. The van der Waals surface area contributed by atoms with Crippen molar-refractivity contribution < 1.29 is 14.4 Å². The number of likely N-dealkylation sites (tertiary alicyclic amines) is 1. The predicted molar refractivity (Wildman–Crippen MR) is 156 cm³/mol. The molecule has 210 valence electrons. The molecule has 1 fully saturated rings. The van der Waals surface area contributed by atoms with Gasteiger partial charge in [-0.25, -0.2) is 4.98 Å². The Labute approximate surface area is 243 Å². The molecule has 0 radical (unpaired) electrons. The average Bonchev–Trinajstić information content (AvgIpc) is 3.47. The molecule has 5 rings (SSSR count). The van der Waals surface area contributed by atoms with Crippen molar-refractivity contribution in [3.8, 4) is 0 Å². The van der Waals surface area contributed by atoms with Crippen molar-refractivity contribution in [1.82, 2.24) is 30.4 Å². The zero-order chi connectivity index (χ0) is 27.2. The van der Waals surface area contributed by atoms with Crippen molar-refractivity contribution in [3.63, 3.8) is 0 Å². The lowest BCUT2D eigenvalue weighted by atomic mass is 9.91. The molecule has 39 heavy (non-hydrogen) atoms. The van der Waals surface area contributed by atoms with Gasteiger partial charge in [0, 0.05) is 58.8 Å². The van der Waals surface area contributed by atoms with Gasteiger partial charge in [-0.2, -0.15) is 0 Å². The zero-order valence-electron chi connectivity index (χ0n) is 22.5. The van der Waals surface area contributed by atoms with Gasteiger partial charge in [0.25, 0.3) is 11.8 Å². The van der Waals surface area contributed by atoms with Crippen LogP contribution in [-0.2, 0) is 17.8 Å². The van der Waals surface area contributed by atoms with Gasteiger partial charge in [-0.3, -0.25) is 14.4 Å². The van der Waals surface area contributed by atoms with Gasteiger partial charge in [0.2, 0.25) is 5.91 Å². The van der Waals surface area contributed by atoms with E-state index in [1.165, 1.54) is 11.3 Å². The zero-order valence-corrected chi connectivity index (χ0v) is 24.9. The molecule has 12 heteroatoms. The van der Waals surface area contributed by atoms with Gasteiger partial charge >= 0.3 is 0 Å². The second kappa shape index (κ2) is 11.4. The standard InChI is InChI=1S/C27H33ClN6O3S.ClH/c1-27(2,3)26(37)34-10-8-18(30-23(35)20-12-15-11-16(28)5-6-17(15)29-20)21(13-34)31-24(36)25-32-19-7-9-33(4)14-22(19)38-25;/h5-6,11-12,18,21,29H,7-10,13-14H2,1-4H3,(H,30,35)(H,31,36);1H/t18-,21+;/m0./s1. The fourth-order valence-electron chi connectivity index (χ4n) is 5.05. The number of likely N-dealkylation sites (N-methyl/N-ethyl adjacent to an activating group) is 1. The number of aromatic nitrogens is 2. The summed E-state index contributed by atoms with van der Waals surface area (Å²) in [5.41, 5.74) is 1.66. The van der Waals surface area contributed by atoms with E-state index < -0.39 is 11.5 Å². The van der Waals surface area contributed by atoms with Crippen molar-refractivity contribution in [2.24, 2.45) is 5.41 Å². The molecule has 2 aromatic heterocycles. The molecule has 1 aromatic carbocycles.